The molecule has 0 radical (unpaired) electrons. The van der Waals surface area contributed by atoms with Crippen molar-refractivity contribution in [2.45, 2.75) is 33.7 Å². The van der Waals surface area contributed by atoms with E-state index in [4.69, 9.17) is 0 Å². The van der Waals surface area contributed by atoms with Gasteiger partial charge in [-0.3, -0.25) is 9.97 Å². The number of carbonyl (C=O) groups is 1. The molecule has 0 aliphatic carbocycles. The van der Waals surface area contributed by atoms with E-state index in [-0.39, 0.29) is 6.03 Å². The van der Waals surface area contributed by atoms with Crippen molar-refractivity contribution in [3.05, 3.63) is 58.7 Å². The smallest absolute Gasteiger partial charge is 0.317 e. The van der Waals surface area contributed by atoms with Gasteiger partial charge in [0.05, 0.1) is 12.2 Å². The van der Waals surface area contributed by atoms with Crippen LogP contribution in [0, 0.1) is 20.8 Å². The molecule has 2 heterocycles. The van der Waals surface area contributed by atoms with Crippen molar-refractivity contribution in [1.29, 1.82) is 0 Å². The Kier molecular flexibility index (Phi) is 5.68. The summed E-state index contributed by atoms with van der Waals surface area (Å²) >= 11 is 0. The van der Waals surface area contributed by atoms with Crippen molar-refractivity contribution in [2.75, 3.05) is 13.6 Å². The van der Waals surface area contributed by atoms with E-state index in [1.807, 2.05) is 51.1 Å². The van der Waals surface area contributed by atoms with Crippen LogP contribution in [0.25, 0.3) is 0 Å². The van der Waals surface area contributed by atoms with Crippen molar-refractivity contribution >= 4 is 6.03 Å². The predicted octanol–water partition coefficient (Wildman–Crippen LogP) is 2.79. The fourth-order valence-corrected chi connectivity index (χ4v) is 2.49. The van der Waals surface area contributed by atoms with Gasteiger partial charge in [-0.2, -0.15) is 0 Å². The standard InChI is InChI=1S/C18H24N4O/c1-13-10-15(3)21-17(11-13)12-22(4)18(23)19-9-8-16-7-5-6-14(2)20-16/h5-7,10-11H,8-9,12H2,1-4H3,(H,19,23). The lowest BCUT2D eigenvalue weighted by Crippen LogP contribution is -2.38. The maximum Gasteiger partial charge on any atom is 0.317 e. The molecule has 23 heavy (non-hydrogen) atoms. The number of nitrogens with zero attached hydrogens (tertiary/aromatic N) is 3. The Morgan fingerprint density at radius 2 is 1.83 bits per heavy atom. The lowest BCUT2D eigenvalue weighted by Gasteiger charge is -2.18. The van der Waals surface area contributed by atoms with E-state index >= 15 is 0 Å². The molecule has 0 fully saturated rings. The fraction of sp³-hybridized carbons (Fsp3) is 0.389. The molecular formula is C18H24N4O. The Bertz CT molecular complexity index is 664. The number of nitrogens with one attached hydrogen (secondary N) is 1. The SMILES string of the molecule is Cc1cc(C)nc(CN(C)C(=O)NCCc2cccc(C)n2)c1. The van der Waals surface area contributed by atoms with Crippen LogP contribution in [0.4, 0.5) is 4.79 Å². The Hall–Kier alpha value is -2.43. The lowest BCUT2D eigenvalue weighted by molar-refractivity contribution is 0.206. The van der Waals surface area contributed by atoms with Gasteiger partial charge in [0.2, 0.25) is 0 Å². The Morgan fingerprint density at radius 3 is 2.52 bits per heavy atom. The summed E-state index contributed by atoms with van der Waals surface area (Å²) in [6, 6.07) is 9.86. The Morgan fingerprint density at radius 1 is 1.09 bits per heavy atom. The van der Waals surface area contributed by atoms with Crippen molar-refractivity contribution < 1.29 is 4.79 Å². The van der Waals surface area contributed by atoms with E-state index in [9.17, 15) is 4.79 Å². The molecule has 0 bridgehead atoms. The Balaban J connectivity index is 1.83. The summed E-state index contributed by atoms with van der Waals surface area (Å²) < 4.78 is 0. The van der Waals surface area contributed by atoms with Gasteiger partial charge in [-0.25, -0.2) is 4.79 Å². The van der Waals surface area contributed by atoms with Gasteiger partial charge in [0, 0.05) is 37.1 Å². The molecule has 2 aromatic rings. The van der Waals surface area contributed by atoms with E-state index in [0.29, 0.717) is 13.1 Å². The predicted molar refractivity (Wildman–Crippen MR) is 91.3 cm³/mol. The molecular weight excluding hydrogens is 288 g/mol. The van der Waals surface area contributed by atoms with Crippen LogP contribution in [-0.2, 0) is 13.0 Å². The van der Waals surface area contributed by atoms with E-state index < -0.39 is 0 Å². The van der Waals surface area contributed by atoms with Gasteiger partial charge < -0.3 is 10.2 Å². The van der Waals surface area contributed by atoms with Gasteiger partial charge in [-0.15, -0.1) is 0 Å². The highest BCUT2D eigenvalue weighted by molar-refractivity contribution is 5.73. The monoisotopic (exact) mass is 312 g/mol. The molecule has 2 aromatic heterocycles. The third-order valence-electron chi connectivity index (χ3n) is 3.50. The van der Waals surface area contributed by atoms with Crippen LogP contribution < -0.4 is 5.32 Å². The van der Waals surface area contributed by atoms with Crippen LogP contribution in [0.1, 0.15) is 28.3 Å². The summed E-state index contributed by atoms with van der Waals surface area (Å²) in [5, 5.41) is 2.92. The number of rotatable bonds is 5. The molecule has 0 aliphatic heterocycles. The number of hydrogen-bond donors (Lipinski definition) is 1. The zero-order valence-electron chi connectivity index (χ0n) is 14.3. The number of aromatic nitrogens is 2. The first kappa shape index (κ1) is 16.9. The normalized spacial score (nSPS) is 10.4. The second kappa shape index (κ2) is 7.72. The third kappa shape index (κ3) is 5.36. The minimum absolute atomic E-state index is 0.0985. The fourth-order valence-electron chi connectivity index (χ4n) is 2.49. The first-order chi connectivity index (χ1) is 10.9. The van der Waals surface area contributed by atoms with Crippen molar-refractivity contribution in [3.63, 3.8) is 0 Å². The molecule has 0 atom stereocenters. The van der Waals surface area contributed by atoms with E-state index in [1.165, 1.54) is 0 Å². The quantitative estimate of drug-likeness (QED) is 0.923. The number of aryl methyl sites for hydroxylation is 3. The number of pyridine rings is 2. The maximum atomic E-state index is 12.1. The van der Waals surface area contributed by atoms with Gasteiger partial charge >= 0.3 is 6.03 Å². The molecule has 0 unspecified atom stereocenters. The summed E-state index contributed by atoms with van der Waals surface area (Å²) in [5.74, 6) is 0. The topological polar surface area (TPSA) is 58.1 Å². The summed E-state index contributed by atoms with van der Waals surface area (Å²) in [4.78, 5) is 22.7. The second-order valence-electron chi connectivity index (χ2n) is 5.89. The molecule has 0 aromatic carbocycles. The van der Waals surface area contributed by atoms with Crippen molar-refractivity contribution in [2.24, 2.45) is 0 Å². The van der Waals surface area contributed by atoms with Crippen LogP contribution in [0.15, 0.2) is 30.3 Å². The first-order valence-corrected chi connectivity index (χ1v) is 7.79. The highest BCUT2D eigenvalue weighted by Gasteiger charge is 2.10. The summed E-state index contributed by atoms with van der Waals surface area (Å²) in [6.45, 7) is 7.03. The highest BCUT2D eigenvalue weighted by atomic mass is 16.2. The third-order valence-corrected chi connectivity index (χ3v) is 3.50. The van der Waals surface area contributed by atoms with Crippen LogP contribution in [0.3, 0.4) is 0 Å². The van der Waals surface area contributed by atoms with E-state index in [1.54, 1.807) is 11.9 Å². The molecule has 1 N–H and O–H groups in total. The maximum absolute atomic E-state index is 12.1. The van der Waals surface area contributed by atoms with Crippen molar-refractivity contribution in [1.82, 2.24) is 20.2 Å². The zero-order valence-corrected chi connectivity index (χ0v) is 14.3. The first-order valence-electron chi connectivity index (χ1n) is 7.79. The van der Waals surface area contributed by atoms with E-state index in [0.717, 1.165) is 34.8 Å². The van der Waals surface area contributed by atoms with Gasteiger partial charge in [-0.1, -0.05) is 6.07 Å². The lowest BCUT2D eigenvalue weighted by atomic mass is 10.2. The molecule has 0 aliphatic rings. The molecule has 5 nitrogen and oxygen atoms in total. The molecule has 2 rings (SSSR count). The van der Waals surface area contributed by atoms with Gasteiger partial charge in [0.15, 0.2) is 0 Å². The summed E-state index contributed by atoms with van der Waals surface area (Å²) in [6.07, 6.45) is 0.725. The van der Waals surface area contributed by atoms with E-state index in [2.05, 4.69) is 15.3 Å². The number of amides is 2. The number of urea groups is 1. The minimum atomic E-state index is -0.0985. The second-order valence-corrected chi connectivity index (χ2v) is 5.89. The molecule has 2 amide bonds. The average Bonchev–Trinajstić information content (AvgIpc) is 2.46. The van der Waals surface area contributed by atoms with Gasteiger partial charge in [-0.05, 0) is 50.6 Å². The minimum Gasteiger partial charge on any atom is -0.338 e. The van der Waals surface area contributed by atoms with Crippen LogP contribution in [0.5, 0.6) is 0 Å². The molecule has 0 spiro atoms. The summed E-state index contributed by atoms with van der Waals surface area (Å²) in [7, 11) is 1.78. The molecule has 0 saturated carbocycles. The highest BCUT2D eigenvalue weighted by Crippen LogP contribution is 2.06. The van der Waals surface area contributed by atoms with Crippen molar-refractivity contribution in [3.8, 4) is 0 Å². The Labute approximate surface area is 137 Å². The van der Waals surface area contributed by atoms with Gasteiger partial charge in [0.25, 0.3) is 0 Å². The van der Waals surface area contributed by atoms with Gasteiger partial charge in [0.1, 0.15) is 0 Å². The zero-order chi connectivity index (χ0) is 16.8. The van der Waals surface area contributed by atoms with Crippen LogP contribution >= 0.6 is 0 Å². The average molecular weight is 312 g/mol. The van der Waals surface area contributed by atoms with Crippen LogP contribution in [0.2, 0.25) is 0 Å². The molecule has 5 heteroatoms. The largest absolute Gasteiger partial charge is 0.338 e. The summed E-state index contributed by atoms with van der Waals surface area (Å²) in [5.41, 5.74) is 5.02. The molecule has 0 saturated heterocycles. The van der Waals surface area contributed by atoms with Crippen LogP contribution in [-0.4, -0.2) is 34.5 Å². The number of hydrogen-bond acceptors (Lipinski definition) is 3. The number of carbonyl (C=O) groups excluding carboxylic acids is 1. The molecule has 122 valence electrons.